The maximum atomic E-state index is 13.4. The molecule has 0 atom stereocenters. The average Bonchev–Trinajstić information content (AvgIpc) is 2.15. The second-order valence-corrected chi connectivity index (χ2v) is 3.08. The molecule has 0 aromatic heterocycles. The zero-order valence-electron chi connectivity index (χ0n) is 7.93. The van der Waals surface area contributed by atoms with Crippen LogP contribution in [0.15, 0.2) is 24.3 Å². The molecule has 2 nitrogen and oxygen atoms in total. The molecule has 0 aliphatic carbocycles. The highest BCUT2D eigenvalue weighted by atomic mass is 19.3. The minimum Gasteiger partial charge on any atom is -0.507 e. The second-order valence-electron chi connectivity index (χ2n) is 3.08. The van der Waals surface area contributed by atoms with Gasteiger partial charge < -0.3 is 10.4 Å². The van der Waals surface area contributed by atoms with Gasteiger partial charge in [-0.2, -0.15) is 0 Å². The van der Waals surface area contributed by atoms with E-state index in [1.165, 1.54) is 24.3 Å². The fraction of sp³-hybridized carbons (Fsp3) is 0.400. The highest BCUT2D eigenvalue weighted by Gasteiger charge is 2.33. The van der Waals surface area contributed by atoms with E-state index < -0.39 is 5.92 Å². The molecule has 0 amide bonds. The zero-order valence-corrected chi connectivity index (χ0v) is 7.93. The van der Waals surface area contributed by atoms with Gasteiger partial charge in [-0.25, -0.2) is 8.78 Å². The van der Waals surface area contributed by atoms with Crippen LogP contribution in [0.1, 0.15) is 12.0 Å². The van der Waals surface area contributed by atoms with E-state index >= 15 is 0 Å². The van der Waals surface area contributed by atoms with Gasteiger partial charge in [0, 0.05) is 13.0 Å². The fourth-order valence-corrected chi connectivity index (χ4v) is 1.20. The first-order chi connectivity index (χ1) is 6.58. The van der Waals surface area contributed by atoms with E-state index in [9.17, 15) is 13.9 Å². The van der Waals surface area contributed by atoms with E-state index in [0.717, 1.165) is 0 Å². The van der Waals surface area contributed by atoms with Gasteiger partial charge >= 0.3 is 0 Å². The summed E-state index contributed by atoms with van der Waals surface area (Å²) in [5, 5.41) is 11.9. The van der Waals surface area contributed by atoms with Gasteiger partial charge in [-0.1, -0.05) is 12.1 Å². The Morgan fingerprint density at radius 3 is 2.57 bits per heavy atom. The van der Waals surface area contributed by atoms with Crippen molar-refractivity contribution in [2.24, 2.45) is 0 Å². The molecule has 1 aromatic rings. The molecule has 0 saturated carbocycles. The molecule has 0 radical (unpaired) electrons. The summed E-state index contributed by atoms with van der Waals surface area (Å²) in [5.74, 6) is -3.33. The van der Waals surface area contributed by atoms with Crippen LogP contribution in [0.5, 0.6) is 5.75 Å². The van der Waals surface area contributed by atoms with E-state index in [4.69, 9.17) is 0 Å². The lowest BCUT2D eigenvalue weighted by molar-refractivity contribution is -0.0143. The summed E-state index contributed by atoms with van der Waals surface area (Å²) in [6, 6.07) is 5.52. The number of alkyl halides is 2. The van der Waals surface area contributed by atoms with Crippen LogP contribution in [0.4, 0.5) is 8.78 Å². The van der Waals surface area contributed by atoms with Crippen LogP contribution >= 0.6 is 0 Å². The molecule has 14 heavy (non-hydrogen) atoms. The molecule has 0 bridgehead atoms. The molecule has 0 unspecified atom stereocenters. The van der Waals surface area contributed by atoms with Crippen molar-refractivity contribution in [3.63, 3.8) is 0 Å². The predicted octanol–water partition coefficient (Wildman–Crippen LogP) is 2.09. The van der Waals surface area contributed by atoms with E-state index in [0.29, 0.717) is 0 Å². The van der Waals surface area contributed by atoms with Crippen molar-refractivity contribution in [2.75, 3.05) is 13.6 Å². The number of aromatic hydroxyl groups is 1. The molecular weight excluding hydrogens is 188 g/mol. The summed E-state index contributed by atoms with van der Waals surface area (Å²) < 4.78 is 26.8. The second kappa shape index (κ2) is 4.37. The van der Waals surface area contributed by atoms with Crippen molar-refractivity contribution >= 4 is 0 Å². The van der Waals surface area contributed by atoms with Crippen LogP contribution in [0.25, 0.3) is 0 Å². The Morgan fingerprint density at radius 2 is 2.00 bits per heavy atom. The third kappa shape index (κ3) is 2.42. The summed E-state index contributed by atoms with van der Waals surface area (Å²) in [7, 11) is 1.61. The molecule has 4 heteroatoms. The quantitative estimate of drug-likeness (QED) is 0.781. The molecular formula is C10H13F2NO. The van der Waals surface area contributed by atoms with Gasteiger partial charge in [0.25, 0.3) is 5.92 Å². The summed E-state index contributed by atoms with van der Waals surface area (Å²) in [6.45, 7) is 0.210. The lowest BCUT2D eigenvalue weighted by Crippen LogP contribution is -2.20. The third-order valence-electron chi connectivity index (χ3n) is 1.99. The smallest absolute Gasteiger partial charge is 0.278 e. The Morgan fingerprint density at radius 1 is 1.36 bits per heavy atom. The van der Waals surface area contributed by atoms with Crippen molar-refractivity contribution in [1.82, 2.24) is 5.32 Å². The Bertz CT molecular complexity index is 302. The number of phenolic OH excluding ortho intramolecular Hbond substituents is 1. The number of rotatable bonds is 4. The lowest BCUT2D eigenvalue weighted by Gasteiger charge is -2.17. The van der Waals surface area contributed by atoms with Crippen LogP contribution in [0.3, 0.4) is 0 Å². The minimum absolute atomic E-state index is 0.210. The number of para-hydroxylation sites is 1. The number of phenols is 1. The van der Waals surface area contributed by atoms with Gasteiger partial charge in [-0.3, -0.25) is 0 Å². The Labute approximate surface area is 81.6 Å². The van der Waals surface area contributed by atoms with Crippen LogP contribution < -0.4 is 5.32 Å². The minimum atomic E-state index is -2.98. The van der Waals surface area contributed by atoms with Gasteiger partial charge in [-0.05, 0) is 19.2 Å². The largest absolute Gasteiger partial charge is 0.507 e. The van der Waals surface area contributed by atoms with Crippen molar-refractivity contribution < 1.29 is 13.9 Å². The van der Waals surface area contributed by atoms with Gasteiger partial charge in [0.1, 0.15) is 5.75 Å². The first kappa shape index (κ1) is 10.9. The van der Waals surface area contributed by atoms with Crippen molar-refractivity contribution in [3.05, 3.63) is 29.8 Å². The van der Waals surface area contributed by atoms with E-state index in [-0.39, 0.29) is 24.3 Å². The zero-order chi connectivity index (χ0) is 10.6. The summed E-state index contributed by atoms with van der Waals surface area (Å²) in [4.78, 5) is 0. The monoisotopic (exact) mass is 201 g/mol. The molecule has 0 heterocycles. The first-order valence-corrected chi connectivity index (χ1v) is 4.39. The number of benzene rings is 1. The maximum Gasteiger partial charge on any atom is 0.278 e. The normalized spacial score (nSPS) is 11.6. The van der Waals surface area contributed by atoms with Crippen LogP contribution in [0, 0.1) is 0 Å². The number of hydrogen-bond donors (Lipinski definition) is 2. The van der Waals surface area contributed by atoms with Crippen molar-refractivity contribution in [3.8, 4) is 5.75 Å². The highest BCUT2D eigenvalue weighted by molar-refractivity contribution is 5.35. The third-order valence-corrected chi connectivity index (χ3v) is 1.99. The van der Waals surface area contributed by atoms with E-state index in [1.54, 1.807) is 7.05 Å². The van der Waals surface area contributed by atoms with Crippen LogP contribution in [0.2, 0.25) is 0 Å². The molecule has 0 aliphatic rings. The van der Waals surface area contributed by atoms with E-state index in [1.807, 2.05) is 0 Å². The molecule has 0 aliphatic heterocycles. The first-order valence-electron chi connectivity index (χ1n) is 4.39. The molecule has 0 saturated heterocycles. The van der Waals surface area contributed by atoms with Crippen molar-refractivity contribution in [2.45, 2.75) is 12.3 Å². The van der Waals surface area contributed by atoms with Gasteiger partial charge in [0.05, 0.1) is 5.56 Å². The molecule has 0 spiro atoms. The Kier molecular flexibility index (Phi) is 3.41. The number of hydrogen-bond acceptors (Lipinski definition) is 2. The predicted molar refractivity (Wildman–Crippen MR) is 50.5 cm³/mol. The van der Waals surface area contributed by atoms with Crippen LogP contribution in [-0.2, 0) is 5.92 Å². The fourth-order valence-electron chi connectivity index (χ4n) is 1.20. The maximum absolute atomic E-state index is 13.4. The highest BCUT2D eigenvalue weighted by Crippen LogP contribution is 2.36. The summed E-state index contributed by atoms with van der Waals surface area (Å²) in [5.41, 5.74) is -0.310. The summed E-state index contributed by atoms with van der Waals surface area (Å²) >= 11 is 0. The number of nitrogens with one attached hydrogen (secondary N) is 1. The molecule has 1 aromatic carbocycles. The summed E-state index contributed by atoms with van der Waals surface area (Å²) in [6.07, 6.45) is -0.318. The Balaban J connectivity index is 2.86. The van der Waals surface area contributed by atoms with E-state index in [2.05, 4.69) is 5.32 Å². The molecule has 2 N–H and O–H groups in total. The van der Waals surface area contributed by atoms with Gasteiger partial charge in [0.15, 0.2) is 0 Å². The average molecular weight is 201 g/mol. The molecule has 0 fully saturated rings. The van der Waals surface area contributed by atoms with Crippen LogP contribution in [-0.4, -0.2) is 18.7 Å². The topological polar surface area (TPSA) is 32.3 Å². The van der Waals surface area contributed by atoms with Crippen molar-refractivity contribution in [1.29, 1.82) is 0 Å². The standard InChI is InChI=1S/C10H13F2NO/c1-13-7-6-10(11,12)8-4-2-3-5-9(8)14/h2-5,13-14H,6-7H2,1H3. The Hall–Kier alpha value is -1.16. The SMILES string of the molecule is CNCCC(F)(F)c1ccccc1O. The lowest BCUT2D eigenvalue weighted by atomic mass is 10.0. The number of halogens is 2. The molecule has 78 valence electrons. The van der Waals surface area contributed by atoms with Gasteiger partial charge in [-0.15, -0.1) is 0 Å². The molecule has 1 rings (SSSR count). The van der Waals surface area contributed by atoms with Gasteiger partial charge in [0.2, 0.25) is 0 Å².